The van der Waals surface area contributed by atoms with E-state index in [1.807, 2.05) is 60.7 Å². The van der Waals surface area contributed by atoms with Crippen LogP contribution >= 0.6 is 0 Å². The van der Waals surface area contributed by atoms with Gasteiger partial charge in [-0.25, -0.2) is 4.98 Å². The highest BCUT2D eigenvalue weighted by Crippen LogP contribution is 2.34. The zero-order chi connectivity index (χ0) is 19.1. The lowest BCUT2D eigenvalue weighted by atomic mass is 10.3. The highest BCUT2D eigenvalue weighted by atomic mass is 16.1. The van der Waals surface area contributed by atoms with Gasteiger partial charge in [0.05, 0.1) is 11.4 Å². The Morgan fingerprint density at radius 2 is 1.37 bits per heavy atom. The van der Waals surface area contributed by atoms with Crippen molar-refractivity contribution in [3.63, 3.8) is 0 Å². The molecule has 134 valence electrons. The van der Waals surface area contributed by atoms with Gasteiger partial charge in [0.1, 0.15) is 11.4 Å². The van der Waals surface area contributed by atoms with E-state index in [-0.39, 0.29) is 17.5 Å². The Morgan fingerprint density at radius 3 is 1.89 bits per heavy atom. The number of aromatic nitrogens is 1. The van der Waals surface area contributed by atoms with E-state index >= 15 is 0 Å². The second-order valence-corrected chi connectivity index (χ2v) is 5.51. The average molecular weight is 359 g/mol. The summed E-state index contributed by atoms with van der Waals surface area (Å²) in [6.45, 7) is 1.37. The minimum absolute atomic E-state index is 0.122. The van der Waals surface area contributed by atoms with E-state index in [1.165, 1.54) is 6.92 Å². The lowest BCUT2D eigenvalue weighted by Gasteiger charge is -2.07. The molecule has 3 N–H and O–H groups in total. The van der Waals surface area contributed by atoms with E-state index in [9.17, 15) is 4.79 Å². The smallest absolute Gasteiger partial charge is 0.222 e. The van der Waals surface area contributed by atoms with Crippen molar-refractivity contribution in [1.29, 1.82) is 0 Å². The highest BCUT2D eigenvalue weighted by molar-refractivity contribution is 5.91. The van der Waals surface area contributed by atoms with E-state index in [2.05, 4.69) is 30.8 Å². The van der Waals surface area contributed by atoms with Gasteiger partial charge in [0, 0.05) is 13.0 Å². The molecule has 2 aromatic carbocycles. The molecule has 1 heterocycles. The number of rotatable bonds is 5. The minimum Gasteiger partial charge on any atom is -0.382 e. The molecule has 0 aliphatic heterocycles. The maximum Gasteiger partial charge on any atom is 0.222 e. The molecule has 0 unspecified atom stereocenters. The standard InChI is InChI=1S/C19H17N7O/c1-13(27)21-19-17(26-24-15-10-6-3-7-11-15)12-16(18(20)22-19)25-23-14-8-4-2-5-9-14/h2-12H,1H3,(H3,20,21,22,27). The summed E-state index contributed by atoms with van der Waals surface area (Å²) < 4.78 is 0. The second-order valence-electron chi connectivity index (χ2n) is 5.51. The quantitative estimate of drug-likeness (QED) is 0.589. The maximum absolute atomic E-state index is 11.4. The van der Waals surface area contributed by atoms with Gasteiger partial charge in [-0.05, 0) is 24.3 Å². The molecule has 0 spiro atoms. The molecular weight excluding hydrogens is 342 g/mol. The molecule has 27 heavy (non-hydrogen) atoms. The van der Waals surface area contributed by atoms with Gasteiger partial charge in [0.2, 0.25) is 5.91 Å². The minimum atomic E-state index is -0.295. The van der Waals surface area contributed by atoms with Gasteiger partial charge < -0.3 is 11.1 Å². The van der Waals surface area contributed by atoms with Gasteiger partial charge in [-0.15, -0.1) is 10.2 Å². The van der Waals surface area contributed by atoms with Gasteiger partial charge in [-0.1, -0.05) is 36.4 Å². The molecular formula is C19H17N7O. The lowest BCUT2D eigenvalue weighted by molar-refractivity contribution is -0.114. The average Bonchev–Trinajstić information content (AvgIpc) is 2.67. The van der Waals surface area contributed by atoms with E-state index in [4.69, 9.17) is 5.73 Å². The largest absolute Gasteiger partial charge is 0.382 e. The Balaban J connectivity index is 1.96. The predicted molar refractivity (Wildman–Crippen MR) is 104 cm³/mol. The number of anilines is 2. The lowest BCUT2D eigenvalue weighted by Crippen LogP contribution is -2.08. The van der Waals surface area contributed by atoms with Gasteiger partial charge in [0.25, 0.3) is 0 Å². The third-order valence-electron chi connectivity index (χ3n) is 3.36. The molecule has 0 fully saturated rings. The summed E-state index contributed by atoms with van der Waals surface area (Å²) in [5.41, 5.74) is 7.94. The van der Waals surface area contributed by atoms with Crippen molar-refractivity contribution in [2.75, 3.05) is 11.1 Å². The predicted octanol–water partition coefficient (Wildman–Crippen LogP) is 5.45. The number of azo groups is 2. The van der Waals surface area contributed by atoms with Crippen LogP contribution in [0.5, 0.6) is 0 Å². The Hall–Kier alpha value is -3.94. The molecule has 0 saturated carbocycles. The molecule has 0 saturated heterocycles. The summed E-state index contributed by atoms with van der Waals surface area (Å²) in [6.07, 6.45) is 0. The number of pyridine rings is 1. The summed E-state index contributed by atoms with van der Waals surface area (Å²) in [5, 5.41) is 19.2. The number of carbonyl (C=O) groups excluding carboxylic acids is 1. The molecule has 0 aliphatic rings. The van der Waals surface area contributed by atoms with E-state index < -0.39 is 0 Å². The Labute approximate surface area is 155 Å². The Bertz CT molecular complexity index is 986. The number of hydrogen-bond acceptors (Lipinski definition) is 7. The van der Waals surface area contributed by atoms with E-state index in [0.29, 0.717) is 22.7 Å². The third-order valence-corrected chi connectivity index (χ3v) is 3.36. The summed E-state index contributed by atoms with van der Waals surface area (Å²) in [5.74, 6) is 0.0344. The van der Waals surface area contributed by atoms with Crippen molar-refractivity contribution < 1.29 is 4.79 Å². The van der Waals surface area contributed by atoms with Crippen LogP contribution in [0.3, 0.4) is 0 Å². The molecule has 3 rings (SSSR count). The monoisotopic (exact) mass is 359 g/mol. The molecule has 1 amide bonds. The van der Waals surface area contributed by atoms with Crippen LogP contribution in [0.25, 0.3) is 0 Å². The second kappa shape index (κ2) is 8.43. The van der Waals surface area contributed by atoms with Crippen molar-refractivity contribution in [3.05, 3.63) is 66.7 Å². The number of benzene rings is 2. The number of hydrogen-bond donors (Lipinski definition) is 2. The van der Waals surface area contributed by atoms with Crippen molar-refractivity contribution >= 4 is 40.3 Å². The van der Waals surface area contributed by atoms with Gasteiger partial charge in [-0.2, -0.15) is 10.2 Å². The van der Waals surface area contributed by atoms with Crippen molar-refractivity contribution in [2.45, 2.75) is 6.92 Å². The van der Waals surface area contributed by atoms with Crippen LogP contribution < -0.4 is 11.1 Å². The van der Waals surface area contributed by atoms with Crippen LogP contribution in [0.1, 0.15) is 6.92 Å². The molecule has 8 heteroatoms. The fraction of sp³-hybridized carbons (Fsp3) is 0.0526. The zero-order valence-corrected chi connectivity index (χ0v) is 14.6. The highest BCUT2D eigenvalue weighted by Gasteiger charge is 2.11. The molecule has 0 radical (unpaired) electrons. The first-order chi connectivity index (χ1) is 13.1. The topological polar surface area (TPSA) is 117 Å². The fourth-order valence-electron chi connectivity index (χ4n) is 2.13. The SMILES string of the molecule is CC(=O)Nc1nc(N)c(N=Nc2ccccc2)cc1N=Nc1ccccc1. The Morgan fingerprint density at radius 1 is 0.852 bits per heavy atom. The normalized spacial score (nSPS) is 11.1. The van der Waals surface area contributed by atoms with Crippen molar-refractivity contribution in [2.24, 2.45) is 20.5 Å². The van der Waals surface area contributed by atoms with Crippen LogP contribution in [0, 0.1) is 0 Å². The van der Waals surface area contributed by atoms with Crippen LogP contribution in [0.15, 0.2) is 87.2 Å². The van der Waals surface area contributed by atoms with Crippen molar-refractivity contribution in [1.82, 2.24) is 4.98 Å². The first-order valence-electron chi connectivity index (χ1n) is 8.13. The molecule has 1 aromatic heterocycles. The van der Waals surface area contributed by atoms with E-state index in [0.717, 1.165) is 0 Å². The van der Waals surface area contributed by atoms with E-state index in [1.54, 1.807) is 6.07 Å². The molecule has 3 aromatic rings. The van der Waals surface area contributed by atoms with Crippen LogP contribution in [-0.4, -0.2) is 10.9 Å². The number of nitrogens with one attached hydrogen (secondary N) is 1. The summed E-state index contributed by atoms with van der Waals surface area (Å²) in [7, 11) is 0. The Kier molecular flexibility index (Phi) is 5.58. The van der Waals surface area contributed by atoms with Crippen molar-refractivity contribution in [3.8, 4) is 0 Å². The molecule has 0 aliphatic carbocycles. The number of nitrogen functional groups attached to an aromatic ring is 1. The summed E-state index contributed by atoms with van der Waals surface area (Å²) in [4.78, 5) is 15.6. The number of nitrogens with zero attached hydrogens (tertiary/aromatic N) is 5. The fourth-order valence-corrected chi connectivity index (χ4v) is 2.13. The molecule has 0 atom stereocenters. The van der Waals surface area contributed by atoms with Crippen LogP contribution in [0.4, 0.5) is 34.4 Å². The first kappa shape index (κ1) is 17.9. The zero-order valence-electron chi connectivity index (χ0n) is 14.6. The number of amides is 1. The third kappa shape index (κ3) is 5.02. The van der Waals surface area contributed by atoms with Gasteiger partial charge in [-0.3, -0.25) is 4.79 Å². The van der Waals surface area contributed by atoms with Crippen LogP contribution in [0.2, 0.25) is 0 Å². The molecule has 0 bridgehead atoms. The number of nitrogens with two attached hydrogens (primary N) is 1. The summed E-state index contributed by atoms with van der Waals surface area (Å²) in [6, 6.07) is 20.0. The first-order valence-corrected chi connectivity index (χ1v) is 8.13. The van der Waals surface area contributed by atoms with Gasteiger partial charge >= 0.3 is 0 Å². The summed E-state index contributed by atoms with van der Waals surface area (Å²) >= 11 is 0. The maximum atomic E-state index is 11.4. The molecule has 8 nitrogen and oxygen atoms in total. The number of carbonyl (C=O) groups is 1. The van der Waals surface area contributed by atoms with Crippen LogP contribution in [-0.2, 0) is 4.79 Å². The van der Waals surface area contributed by atoms with Gasteiger partial charge in [0.15, 0.2) is 11.6 Å².